The van der Waals surface area contributed by atoms with E-state index in [4.69, 9.17) is 0 Å². The second-order valence-corrected chi connectivity index (χ2v) is 6.40. The Hall–Kier alpha value is -1.36. The van der Waals surface area contributed by atoms with E-state index in [1.165, 1.54) is 12.8 Å². The molecule has 0 bridgehead atoms. The second kappa shape index (κ2) is 8.17. The van der Waals surface area contributed by atoms with Gasteiger partial charge < -0.3 is 15.2 Å². The summed E-state index contributed by atoms with van der Waals surface area (Å²) < 4.78 is 2.12. The van der Waals surface area contributed by atoms with Crippen molar-refractivity contribution >= 4 is 5.91 Å². The molecule has 118 valence electrons. The van der Waals surface area contributed by atoms with Crippen molar-refractivity contribution in [1.29, 1.82) is 0 Å². The van der Waals surface area contributed by atoms with Gasteiger partial charge in [-0.15, -0.1) is 0 Å². The highest BCUT2D eigenvalue weighted by molar-refractivity contribution is 5.75. The maximum Gasteiger partial charge on any atom is 0.220 e. The van der Waals surface area contributed by atoms with Gasteiger partial charge >= 0.3 is 0 Å². The maximum atomic E-state index is 12.0. The van der Waals surface area contributed by atoms with Crippen LogP contribution in [0.5, 0.6) is 0 Å². The number of nitrogens with one attached hydrogen (secondary N) is 2. The molecule has 0 aromatic carbocycles. The Balaban J connectivity index is 1.69. The highest BCUT2D eigenvalue weighted by Crippen LogP contribution is 2.17. The number of piperidine rings is 1. The summed E-state index contributed by atoms with van der Waals surface area (Å²) >= 11 is 0. The van der Waals surface area contributed by atoms with Crippen LogP contribution in [0.25, 0.3) is 0 Å². The van der Waals surface area contributed by atoms with Crippen LogP contribution in [0.1, 0.15) is 45.4 Å². The van der Waals surface area contributed by atoms with Gasteiger partial charge in [-0.05, 0) is 44.2 Å². The minimum absolute atomic E-state index is 0.146. The molecule has 1 fully saturated rings. The van der Waals surface area contributed by atoms with Crippen LogP contribution in [-0.2, 0) is 17.9 Å². The molecule has 0 unspecified atom stereocenters. The molecule has 21 heavy (non-hydrogen) atoms. The highest BCUT2D eigenvalue weighted by atomic mass is 16.1. The Morgan fingerprint density at radius 3 is 2.95 bits per heavy atom. The SMILES string of the molecule is CC(C)Cn1ccnc1CNC(=O)CCC1CCNCC1. The fraction of sp³-hybridized carbons (Fsp3) is 0.750. The maximum absolute atomic E-state index is 12.0. The summed E-state index contributed by atoms with van der Waals surface area (Å²) in [5.41, 5.74) is 0. The molecule has 2 rings (SSSR count). The van der Waals surface area contributed by atoms with E-state index in [-0.39, 0.29) is 5.91 Å². The van der Waals surface area contributed by atoms with E-state index in [0.717, 1.165) is 31.9 Å². The summed E-state index contributed by atoms with van der Waals surface area (Å²) in [6.07, 6.45) is 7.83. The first-order chi connectivity index (χ1) is 10.1. The van der Waals surface area contributed by atoms with Crippen LogP contribution in [-0.4, -0.2) is 28.5 Å². The van der Waals surface area contributed by atoms with Crippen LogP contribution in [0.15, 0.2) is 12.4 Å². The fourth-order valence-corrected chi connectivity index (χ4v) is 2.84. The van der Waals surface area contributed by atoms with Gasteiger partial charge in [0, 0.05) is 25.4 Å². The number of carbonyl (C=O) groups excluding carboxylic acids is 1. The van der Waals surface area contributed by atoms with E-state index in [2.05, 4.69) is 34.0 Å². The van der Waals surface area contributed by atoms with Gasteiger partial charge in [0.1, 0.15) is 5.82 Å². The third kappa shape index (κ3) is 5.50. The number of hydrogen-bond acceptors (Lipinski definition) is 3. The molecule has 1 aromatic rings. The summed E-state index contributed by atoms with van der Waals surface area (Å²) in [4.78, 5) is 16.3. The number of imidazole rings is 1. The molecule has 0 aliphatic carbocycles. The summed E-state index contributed by atoms with van der Waals surface area (Å²) in [7, 11) is 0. The first-order valence-electron chi connectivity index (χ1n) is 8.12. The van der Waals surface area contributed by atoms with Crippen molar-refractivity contribution in [3.63, 3.8) is 0 Å². The smallest absolute Gasteiger partial charge is 0.220 e. The predicted octanol–water partition coefficient (Wildman–Crippen LogP) is 1.94. The van der Waals surface area contributed by atoms with Crippen molar-refractivity contribution in [3.05, 3.63) is 18.2 Å². The Bertz CT molecular complexity index is 435. The number of aromatic nitrogens is 2. The molecule has 0 saturated carbocycles. The molecule has 5 heteroatoms. The number of nitrogens with zero attached hydrogens (tertiary/aromatic N) is 2. The third-order valence-electron chi connectivity index (χ3n) is 4.05. The molecule has 0 radical (unpaired) electrons. The molecule has 0 spiro atoms. The summed E-state index contributed by atoms with van der Waals surface area (Å²) in [5.74, 6) is 2.38. The fourth-order valence-electron chi connectivity index (χ4n) is 2.84. The minimum Gasteiger partial charge on any atom is -0.349 e. The normalized spacial score (nSPS) is 16.3. The largest absolute Gasteiger partial charge is 0.349 e. The first kappa shape index (κ1) is 16.0. The van der Waals surface area contributed by atoms with Crippen LogP contribution in [0.3, 0.4) is 0 Å². The van der Waals surface area contributed by atoms with Gasteiger partial charge in [-0.3, -0.25) is 4.79 Å². The topological polar surface area (TPSA) is 59.0 Å². The number of rotatable bonds is 7. The zero-order valence-corrected chi connectivity index (χ0v) is 13.3. The quantitative estimate of drug-likeness (QED) is 0.807. The molecule has 2 heterocycles. The monoisotopic (exact) mass is 292 g/mol. The molecule has 1 aromatic heterocycles. The number of amides is 1. The van der Waals surface area contributed by atoms with Gasteiger partial charge in [-0.2, -0.15) is 0 Å². The Labute approximate surface area is 127 Å². The van der Waals surface area contributed by atoms with Crippen molar-refractivity contribution in [2.45, 2.75) is 52.6 Å². The van der Waals surface area contributed by atoms with Crippen molar-refractivity contribution in [3.8, 4) is 0 Å². The summed E-state index contributed by atoms with van der Waals surface area (Å²) in [6, 6.07) is 0. The van der Waals surface area contributed by atoms with E-state index in [1.807, 2.05) is 6.20 Å². The lowest BCUT2D eigenvalue weighted by molar-refractivity contribution is -0.121. The lowest BCUT2D eigenvalue weighted by atomic mass is 9.93. The lowest BCUT2D eigenvalue weighted by Gasteiger charge is -2.22. The highest BCUT2D eigenvalue weighted by Gasteiger charge is 2.14. The zero-order valence-electron chi connectivity index (χ0n) is 13.3. The Kier molecular flexibility index (Phi) is 6.23. The van der Waals surface area contributed by atoms with Crippen molar-refractivity contribution in [1.82, 2.24) is 20.2 Å². The standard InChI is InChI=1S/C16H28N4O/c1-13(2)12-20-10-9-18-15(20)11-19-16(21)4-3-14-5-7-17-8-6-14/h9-10,13-14,17H,3-8,11-12H2,1-2H3,(H,19,21). The number of carbonyl (C=O) groups is 1. The van der Waals surface area contributed by atoms with Gasteiger partial charge in [0.05, 0.1) is 6.54 Å². The van der Waals surface area contributed by atoms with E-state index < -0.39 is 0 Å². The predicted molar refractivity (Wildman–Crippen MR) is 83.7 cm³/mol. The zero-order chi connectivity index (χ0) is 15.1. The van der Waals surface area contributed by atoms with Gasteiger partial charge in [0.25, 0.3) is 0 Å². The van der Waals surface area contributed by atoms with E-state index >= 15 is 0 Å². The molecular formula is C16H28N4O. The first-order valence-corrected chi connectivity index (χ1v) is 8.12. The van der Waals surface area contributed by atoms with Crippen LogP contribution >= 0.6 is 0 Å². The van der Waals surface area contributed by atoms with Gasteiger partial charge in [0.2, 0.25) is 5.91 Å². The van der Waals surface area contributed by atoms with Crippen LogP contribution < -0.4 is 10.6 Å². The Morgan fingerprint density at radius 1 is 1.48 bits per heavy atom. The average Bonchev–Trinajstić information content (AvgIpc) is 2.90. The van der Waals surface area contributed by atoms with Gasteiger partial charge in [-0.1, -0.05) is 13.8 Å². The summed E-state index contributed by atoms with van der Waals surface area (Å²) in [5, 5.41) is 6.36. The van der Waals surface area contributed by atoms with E-state index in [1.54, 1.807) is 6.20 Å². The molecule has 2 N–H and O–H groups in total. The second-order valence-electron chi connectivity index (χ2n) is 6.40. The molecule has 5 nitrogen and oxygen atoms in total. The third-order valence-corrected chi connectivity index (χ3v) is 4.05. The molecule has 1 aliphatic rings. The van der Waals surface area contributed by atoms with Crippen molar-refractivity contribution in [2.75, 3.05) is 13.1 Å². The van der Waals surface area contributed by atoms with E-state index in [9.17, 15) is 4.79 Å². The average molecular weight is 292 g/mol. The van der Waals surface area contributed by atoms with Crippen molar-refractivity contribution in [2.24, 2.45) is 11.8 Å². The van der Waals surface area contributed by atoms with Crippen LogP contribution in [0, 0.1) is 11.8 Å². The molecule has 1 aliphatic heterocycles. The minimum atomic E-state index is 0.146. The number of hydrogen-bond donors (Lipinski definition) is 2. The molecule has 0 atom stereocenters. The molecule has 1 saturated heterocycles. The van der Waals surface area contributed by atoms with Crippen molar-refractivity contribution < 1.29 is 4.79 Å². The molecular weight excluding hydrogens is 264 g/mol. The molecule has 1 amide bonds. The van der Waals surface area contributed by atoms with Crippen LogP contribution in [0.2, 0.25) is 0 Å². The Morgan fingerprint density at radius 2 is 2.24 bits per heavy atom. The van der Waals surface area contributed by atoms with Gasteiger partial charge in [-0.25, -0.2) is 4.98 Å². The summed E-state index contributed by atoms with van der Waals surface area (Å²) in [6.45, 7) is 8.03. The van der Waals surface area contributed by atoms with Gasteiger partial charge in [0.15, 0.2) is 0 Å². The van der Waals surface area contributed by atoms with E-state index in [0.29, 0.717) is 24.8 Å². The lowest BCUT2D eigenvalue weighted by Crippen LogP contribution is -2.29. The van der Waals surface area contributed by atoms with Crippen LogP contribution in [0.4, 0.5) is 0 Å².